The molecule has 1 aromatic rings. The van der Waals surface area contributed by atoms with Crippen LogP contribution >= 0.6 is 11.8 Å². The van der Waals surface area contributed by atoms with Crippen LogP contribution in [0.5, 0.6) is 0 Å². The number of carbonyl (C=O) groups is 1. The van der Waals surface area contributed by atoms with E-state index in [9.17, 15) is 9.18 Å². The largest absolute Gasteiger partial charge is 0.324 e. The summed E-state index contributed by atoms with van der Waals surface area (Å²) in [6.07, 6.45) is 0.768. The van der Waals surface area contributed by atoms with Gasteiger partial charge < -0.3 is 10.6 Å². The van der Waals surface area contributed by atoms with E-state index in [0.717, 1.165) is 17.9 Å². The molecule has 1 aliphatic heterocycles. The summed E-state index contributed by atoms with van der Waals surface area (Å²) >= 11 is 1.50. The van der Waals surface area contributed by atoms with E-state index >= 15 is 0 Å². The maximum atomic E-state index is 13.0. The highest BCUT2D eigenvalue weighted by Crippen LogP contribution is 2.36. The predicted octanol–water partition coefficient (Wildman–Crippen LogP) is 1.85. The molecule has 1 aliphatic rings. The SMILES string of the molecule is CNCCC1Sc2ccc(F)cc2NC1=O. The summed E-state index contributed by atoms with van der Waals surface area (Å²) in [6.45, 7) is 0.793. The van der Waals surface area contributed by atoms with E-state index in [-0.39, 0.29) is 17.0 Å². The molecule has 16 heavy (non-hydrogen) atoms. The van der Waals surface area contributed by atoms with E-state index in [1.807, 2.05) is 7.05 Å². The molecule has 0 radical (unpaired) electrons. The van der Waals surface area contributed by atoms with Crippen molar-refractivity contribution in [3.05, 3.63) is 24.0 Å². The Kier molecular flexibility index (Phi) is 3.46. The van der Waals surface area contributed by atoms with E-state index < -0.39 is 0 Å². The van der Waals surface area contributed by atoms with Gasteiger partial charge in [-0.2, -0.15) is 0 Å². The Balaban J connectivity index is 2.15. The maximum absolute atomic E-state index is 13.0. The van der Waals surface area contributed by atoms with Gasteiger partial charge in [0, 0.05) is 4.90 Å². The van der Waals surface area contributed by atoms with Gasteiger partial charge in [-0.1, -0.05) is 0 Å². The van der Waals surface area contributed by atoms with Gasteiger partial charge in [0.2, 0.25) is 5.91 Å². The number of anilines is 1. The van der Waals surface area contributed by atoms with Crippen molar-refractivity contribution in [1.82, 2.24) is 5.32 Å². The van der Waals surface area contributed by atoms with Crippen molar-refractivity contribution < 1.29 is 9.18 Å². The van der Waals surface area contributed by atoms with Crippen LogP contribution in [0.15, 0.2) is 23.1 Å². The van der Waals surface area contributed by atoms with Crippen LogP contribution in [0.25, 0.3) is 0 Å². The van der Waals surface area contributed by atoms with Crippen molar-refractivity contribution in [2.24, 2.45) is 0 Å². The van der Waals surface area contributed by atoms with Crippen LogP contribution in [0.1, 0.15) is 6.42 Å². The first-order valence-corrected chi connectivity index (χ1v) is 6.00. The minimum atomic E-state index is -0.326. The number of fused-ring (bicyclic) bond motifs is 1. The van der Waals surface area contributed by atoms with Crippen LogP contribution in [-0.2, 0) is 4.79 Å². The van der Waals surface area contributed by atoms with Gasteiger partial charge in [-0.05, 0) is 38.2 Å². The average Bonchev–Trinajstić information content (AvgIpc) is 2.26. The lowest BCUT2D eigenvalue weighted by Crippen LogP contribution is -2.31. The first-order valence-electron chi connectivity index (χ1n) is 5.12. The zero-order chi connectivity index (χ0) is 11.5. The molecule has 2 N–H and O–H groups in total. The van der Waals surface area contributed by atoms with E-state index in [0.29, 0.717) is 5.69 Å². The lowest BCUT2D eigenvalue weighted by atomic mass is 10.2. The lowest BCUT2D eigenvalue weighted by Gasteiger charge is -2.23. The van der Waals surface area contributed by atoms with Crippen molar-refractivity contribution >= 4 is 23.4 Å². The fourth-order valence-corrected chi connectivity index (χ4v) is 2.68. The van der Waals surface area contributed by atoms with Crippen molar-refractivity contribution in [2.45, 2.75) is 16.6 Å². The molecule has 86 valence electrons. The van der Waals surface area contributed by atoms with Crippen molar-refractivity contribution in [3.63, 3.8) is 0 Å². The Hall–Kier alpha value is -1.07. The molecule has 0 aromatic heterocycles. The number of halogens is 1. The minimum absolute atomic E-state index is 0.0432. The summed E-state index contributed by atoms with van der Waals surface area (Å²) in [5.74, 6) is -0.369. The molecule has 1 aromatic carbocycles. The van der Waals surface area contributed by atoms with Gasteiger partial charge in [0.1, 0.15) is 5.82 Å². The number of thioether (sulfide) groups is 1. The molecule has 1 heterocycles. The lowest BCUT2D eigenvalue weighted by molar-refractivity contribution is -0.115. The zero-order valence-corrected chi connectivity index (χ0v) is 9.73. The van der Waals surface area contributed by atoms with Crippen LogP contribution in [-0.4, -0.2) is 24.7 Å². The Morgan fingerprint density at radius 1 is 1.56 bits per heavy atom. The summed E-state index contributed by atoms with van der Waals surface area (Å²) in [6, 6.07) is 4.48. The van der Waals surface area contributed by atoms with Gasteiger partial charge >= 0.3 is 0 Å². The molecule has 1 amide bonds. The van der Waals surface area contributed by atoms with Gasteiger partial charge in [-0.15, -0.1) is 11.8 Å². The van der Waals surface area contributed by atoms with Crippen molar-refractivity contribution in [1.29, 1.82) is 0 Å². The van der Waals surface area contributed by atoms with E-state index in [2.05, 4.69) is 10.6 Å². The molecule has 0 fully saturated rings. The average molecular weight is 240 g/mol. The second-order valence-electron chi connectivity index (χ2n) is 3.63. The van der Waals surface area contributed by atoms with Gasteiger partial charge in [-0.25, -0.2) is 4.39 Å². The number of benzene rings is 1. The number of hydrogen-bond acceptors (Lipinski definition) is 3. The highest BCUT2D eigenvalue weighted by molar-refractivity contribution is 8.01. The van der Waals surface area contributed by atoms with Crippen molar-refractivity contribution in [3.8, 4) is 0 Å². The summed E-state index contributed by atoms with van der Waals surface area (Å²) in [4.78, 5) is 12.6. The van der Waals surface area contributed by atoms with Crippen LogP contribution < -0.4 is 10.6 Å². The van der Waals surface area contributed by atoms with Crippen LogP contribution in [0.2, 0.25) is 0 Å². The molecule has 2 rings (SSSR count). The number of amides is 1. The highest BCUT2D eigenvalue weighted by Gasteiger charge is 2.26. The molecule has 0 bridgehead atoms. The Morgan fingerprint density at radius 2 is 2.38 bits per heavy atom. The summed E-state index contributed by atoms with van der Waals surface area (Å²) < 4.78 is 13.0. The predicted molar refractivity (Wildman–Crippen MR) is 63.2 cm³/mol. The minimum Gasteiger partial charge on any atom is -0.324 e. The van der Waals surface area contributed by atoms with Crippen LogP contribution in [0, 0.1) is 5.82 Å². The summed E-state index contributed by atoms with van der Waals surface area (Å²) in [5.41, 5.74) is 0.579. The molecule has 0 saturated carbocycles. The summed E-state index contributed by atoms with van der Waals surface area (Å²) in [7, 11) is 1.86. The fraction of sp³-hybridized carbons (Fsp3) is 0.364. The van der Waals surface area contributed by atoms with Crippen LogP contribution in [0.3, 0.4) is 0 Å². The third-order valence-corrected chi connectivity index (χ3v) is 3.76. The molecule has 1 atom stereocenters. The number of nitrogens with one attached hydrogen (secondary N) is 2. The zero-order valence-electron chi connectivity index (χ0n) is 8.92. The highest BCUT2D eigenvalue weighted by atomic mass is 32.2. The number of rotatable bonds is 3. The van der Waals surface area contributed by atoms with Gasteiger partial charge in [-0.3, -0.25) is 4.79 Å². The molecule has 0 aliphatic carbocycles. The van der Waals surface area contributed by atoms with Gasteiger partial charge in [0.25, 0.3) is 0 Å². The molecular formula is C11H13FN2OS. The first-order chi connectivity index (χ1) is 7.70. The standard InChI is InChI=1S/C11H13FN2OS/c1-13-5-4-10-11(15)14-8-6-7(12)2-3-9(8)16-10/h2-3,6,10,13H,4-5H2,1H3,(H,14,15). The van der Waals surface area contributed by atoms with Gasteiger partial charge in [0.15, 0.2) is 0 Å². The first kappa shape index (κ1) is 11.4. The molecular weight excluding hydrogens is 227 g/mol. The third kappa shape index (κ3) is 2.36. The molecule has 0 saturated heterocycles. The second-order valence-corrected chi connectivity index (χ2v) is 4.87. The third-order valence-electron chi connectivity index (χ3n) is 2.42. The normalized spacial score (nSPS) is 19.1. The molecule has 5 heteroatoms. The summed E-state index contributed by atoms with van der Waals surface area (Å²) in [5, 5.41) is 5.66. The Bertz CT molecular complexity index is 411. The monoisotopic (exact) mass is 240 g/mol. The fourth-order valence-electron chi connectivity index (χ4n) is 1.59. The Labute approximate surface area is 97.8 Å². The number of hydrogen-bond donors (Lipinski definition) is 2. The number of carbonyl (C=O) groups excluding carboxylic acids is 1. The quantitative estimate of drug-likeness (QED) is 0.847. The maximum Gasteiger partial charge on any atom is 0.237 e. The van der Waals surface area contributed by atoms with E-state index in [4.69, 9.17) is 0 Å². The topological polar surface area (TPSA) is 41.1 Å². The molecule has 3 nitrogen and oxygen atoms in total. The van der Waals surface area contributed by atoms with E-state index in [1.54, 1.807) is 6.07 Å². The van der Waals surface area contributed by atoms with Crippen LogP contribution in [0.4, 0.5) is 10.1 Å². The molecule has 1 unspecified atom stereocenters. The van der Waals surface area contributed by atoms with Gasteiger partial charge in [0.05, 0.1) is 10.9 Å². The molecule has 0 spiro atoms. The van der Waals surface area contributed by atoms with E-state index in [1.165, 1.54) is 23.9 Å². The Morgan fingerprint density at radius 3 is 3.12 bits per heavy atom. The second kappa shape index (κ2) is 4.84. The smallest absolute Gasteiger partial charge is 0.237 e. The van der Waals surface area contributed by atoms with Crippen molar-refractivity contribution in [2.75, 3.05) is 18.9 Å².